The topological polar surface area (TPSA) is 38.8 Å². The minimum Gasteiger partial charge on any atom is -0.469 e. The van der Waals surface area contributed by atoms with Crippen molar-refractivity contribution in [2.45, 2.75) is 83.2 Å². The van der Waals surface area contributed by atoms with E-state index in [0.717, 1.165) is 32.3 Å². The maximum absolute atomic E-state index is 10.9. The Labute approximate surface area is 141 Å². The quantitative estimate of drug-likeness (QED) is 0.247. The third-order valence-electron chi connectivity index (χ3n) is 3.77. The van der Waals surface area contributed by atoms with Crippen molar-refractivity contribution in [3.8, 4) is 23.7 Å². The molecule has 0 aromatic carbocycles. The molecule has 0 amide bonds. The van der Waals surface area contributed by atoms with Gasteiger partial charge >= 0.3 is 5.97 Å². The smallest absolute Gasteiger partial charge is 0.306 e. The van der Waals surface area contributed by atoms with Crippen LogP contribution in [-0.2, 0) is 14.3 Å². The number of carbonyl (C=O) groups excluding carboxylic acids is 1. The molecule has 0 bridgehead atoms. The van der Waals surface area contributed by atoms with Gasteiger partial charge in [-0.1, -0.05) is 19.3 Å². The molecular weight excluding hydrogens is 288 g/mol. The van der Waals surface area contributed by atoms with Crippen LogP contribution < -0.4 is 0 Å². The lowest BCUT2D eigenvalue weighted by atomic mass is 10.1. The fourth-order valence-electron chi connectivity index (χ4n) is 2.23. The molecule has 0 aliphatic carbocycles. The Morgan fingerprint density at radius 2 is 1.43 bits per heavy atom. The average molecular weight is 318 g/mol. The molecule has 1 rings (SSSR count). The second kappa shape index (κ2) is 14.2. The average Bonchev–Trinajstić information content (AvgIpc) is 3.38. The molecule has 1 aliphatic rings. The number of methoxy groups -OCH3 is 1. The first kappa shape index (κ1) is 19.6. The van der Waals surface area contributed by atoms with Gasteiger partial charge < -0.3 is 9.47 Å². The van der Waals surface area contributed by atoms with Crippen LogP contribution >= 0.6 is 0 Å². The Kier molecular flexibility index (Phi) is 12.1. The Morgan fingerprint density at radius 1 is 0.913 bits per heavy atom. The van der Waals surface area contributed by atoms with Crippen molar-refractivity contribution in [3.63, 3.8) is 0 Å². The van der Waals surface area contributed by atoms with Crippen molar-refractivity contribution in [3.05, 3.63) is 0 Å². The van der Waals surface area contributed by atoms with E-state index in [-0.39, 0.29) is 5.97 Å². The van der Waals surface area contributed by atoms with Gasteiger partial charge in [-0.2, -0.15) is 0 Å². The van der Waals surface area contributed by atoms with Gasteiger partial charge in [0.15, 0.2) is 0 Å². The molecular formula is C20H30O3. The minimum atomic E-state index is -0.181. The van der Waals surface area contributed by atoms with Crippen LogP contribution in [-0.4, -0.2) is 25.8 Å². The summed E-state index contributed by atoms with van der Waals surface area (Å²) in [6.07, 6.45) is 13.0. The van der Waals surface area contributed by atoms with Gasteiger partial charge in [0.2, 0.25) is 0 Å². The second-order valence-corrected chi connectivity index (χ2v) is 5.90. The number of hydrogen-bond acceptors (Lipinski definition) is 3. The summed E-state index contributed by atoms with van der Waals surface area (Å²) in [5, 5.41) is 0. The molecule has 0 radical (unpaired) electrons. The zero-order valence-corrected chi connectivity index (χ0v) is 14.5. The largest absolute Gasteiger partial charge is 0.469 e. The molecule has 1 heterocycles. The van der Waals surface area contributed by atoms with Crippen LogP contribution in [0, 0.1) is 23.7 Å². The number of carbonyl (C=O) groups is 1. The third kappa shape index (κ3) is 13.9. The number of epoxide rings is 1. The molecule has 1 saturated heterocycles. The first-order chi connectivity index (χ1) is 11.3. The summed E-state index contributed by atoms with van der Waals surface area (Å²) in [7, 11) is 1.41. The predicted octanol–water partition coefficient (Wildman–Crippen LogP) is 4.25. The van der Waals surface area contributed by atoms with E-state index in [1.807, 2.05) is 0 Å². The normalized spacial score (nSPS) is 15.1. The lowest BCUT2D eigenvalue weighted by Crippen LogP contribution is -1.98. The highest BCUT2D eigenvalue weighted by Crippen LogP contribution is 2.16. The lowest BCUT2D eigenvalue weighted by molar-refractivity contribution is -0.140. The summed E-state index contributed by atoms with van der Waals surface area (Å²) in [6.45, 7) is 0.965. The molecule has 128 valence electrons. The van der Waals surface area contributed by atoms with Crippen molar-refractivity contribution < 1.29 is 14.3 Å². The van der Waals surface area contributed by atoms with Gasteiger partial charge in [-0.25, -0.2) is 0 Å². The van der Waals surface area contributed by atoms with E-state index >= 15 is 0 Å². The van der Waals surface area contributed by atoms with Crippen LogP contribution in [0.25, 0.3) is 0 Å². The highest BCUT2D eigenvalue weighted by molar-refractivity contribution is 5.69. The molecule has 1 unspecified atom stereocenters. The molecule has 3 heteroatoms. The van der Waals surface area contributed by atoms with Crippen molar-refractivity contribution >= 4 is 5.97 Å². The molecule has 3 nitrogen and oxygen atoms in total. The lowest BCUT2D eigenvalue weighted by Gasteiger charge is -1.96. The highest BCUT2D eigenvalue weighted by atomic mass is 16.6. The Morgan fingerprint density at radius 3 is 2.00 bits per heavy atom. The van der Waals surface area contributed by atoms with Crippen molar-refractivity contribution in [1.82, 2.24) is 0 Å². The molecule has 1 fully saturated rings. The molecule has 0 aromatic rings. The van der Waals surface area contributed by atoms with Crippen molar-refractivity contribution in [2.24, 2.45) is 0 Å². The van der Waals surface area contributed by atoms with Crippen LogP contribution in [0.4, 0.5) is 0 Å². The fraction of sp³-hybridized carbons (Fsp3) is 0.750. The summed E-state index contributed by atoms with van der Waals surface area (Å²) < 4.78 is 9.73. The molecule has 0 aromatic heterocycles. The Balaban J connectivity index is 1.76. The van der Waals surface area contributed by atoms with E-state index in [1.165, 1.54) is 45.6 Å². The molecule has 0 N–H and O–H groups in total. The predicted molar refractivity (Wildman–Crippen MR) is 92.7 cm³/mol. The van der Waals surface area contributed by atoms with Gasteiger partial charge in [0.1, 0.15) is 0 Å². The van der Waals surface area contributed by atoms with Gasteiger partial charge in [-0.15, -0.1) is 23.7 Å². The highest BCUT2D eigenvalue weighted by Gasteiger charge is 2.20. The van der Waals surface area contributed by atoms with E-state index in [1.54, 1.807) is 0 Å². The molecule has 23 heavy (non-hydrogen) atoms. The summed E-state index contributed by atoms with van der Waals surface area (Å²) in [5.74, 6) is 12.5. The van der Waals surface area contributed by atoms with E-state index in [0.29, 0.717) is 18.9 Å². The van der Waals surface area contributed by atoms with Gasteiger partial charge in [-0.05, 0) is 25.7 Å². The van der Waals surface area contributed by atoms with Gasteiger partial charge in [0.05, 0.1) is 26.2 Å². The number of rotatable bonds is 11. The first-order valence-electron chi connectivity index (χ1n) is 8.93. The second-order valence-electron chi connectivity index (χ2n) is 5.90. The van der Waals surface area contributed by atoms with Crippen molar-refractivity contribution in [2.75, 3.05) is 13.7 Å². The third-order valence-corrected chi connectivity index (χ3v) is 3.77. The van der Waals surface area contributed by atoms with Crippen molar-refractivity contribution in [1.29, 1.82) is 0 Å². The van der Waals surface area contributed by atoms with Crippen LogP contribution in [0.5, 0.6) is 0 Å². The summed E-state index contributed by atoms with van der Waals surface area (Å²) in [4.78, 5) is 10.9. The monoisotopic (exact) mass is 318 g/mol. The summed E-state index contributed by atoms with van der Waals surface area (Å²) in [5.41, 5.74) is 0. The number of hydrogen-bond donors (Lipinski definition) is 0. The van der Waals surface area contributed by atoms with Gasteiger partial charge in [0.25, 0.3) is 0 Å². The summed E-state index contributed by atoms with van der Waals surface area (Å²) >= 11 is 0. The van der Waals surface area contributed by atoms with E-state index < -0.39 is 0 Å². The van der Waals surface area contributed by atoms with Crippen LogP contribution in [0.3, 0.4) is 0 Å². The Hall–Kier alpha value is -1.45. The summed E-state index contributed by atoms with van der Waals surface area (Å²) in [6, 6.07) is 0. The van der Waals surface area contributed by atoms with Gasteiger partial charge in [0, 0.05) is 25.7 Å². The Bertz CT molecular complexity index is 429. The molecule has 1 aliphatic heterocycles. The maximum atomic E-state index is 10.9. The first-order valence-corrected chi connectivity index (χ1v) is 8.93. The standard InChI is InChI=1S/C20H30O3/c1-22-20(21)17-15-13-11-9-7-5-3-2-4-6-8-10-12-14-16-19-18-23-19/h19H,2-7,9,12,14-18H2,1H3. The maximum Gasteiger partial charge on any atom is 0.306 e. The zero-order chi connectivity index (χ0) is 16.6. The molecule has 1 atom stereocenters. The minimum absolute atomic E-state index is 0.181. The number of unbranched alkanes of at least 4 members (excludes halogenated alkanes) is 7. The van der Waals surface area contributed by atoms with E-state index in [4.69, 9.17) is 4.74 Å². The van der Waals surface area contributed by atoms with Crippen LogP contribution in [0.15, 0.2) is 0 Å². The molecule has 0 spiro atoms. The van der Waals surface area contributed by atoms with Crippen LogP contribution in [0.1, 0.15) is 77.0 Å². The zero-order valence-electron chi connectivity index (χ0n) is 14.5. The molecule has 0 saturated carbocycles. The van der Waals surface area contributed by atoms with Crippen LogP contribution in [0.2, 0.25) is 0 Å². The fourth-order valence-corrected chi connectivity index (χ4v) is 2.23. The van der Waals surface area contributed by atoms with E-state index in [2.05, 4.69) is 28.4 Å². The number of esters is 1. The number of ether oxygens (including phenoxy) is 2. The van der Waals surface area contributed by atoms with E-state index in [9.17, 15) is 4.79 Å². The SMILES string of the molecule is COC(=O)CCC#CCCCCCCCC#CCCCC1CO1. The van der Waals surface area contributed by atoms with Gasteiger partial charge in [-0.3, -0.25) is 4.79 Å².